The molecule has 0 fully saturated rings. The van der Waals surface area contributed by atoms with Crippen LogP contribution in [0.15, 0.2) is 48.5 Å². The molecule has 3 aromatic carbocycles. The van der Waals surface area contributed by atoms with Gasteiger partial charge in [0.2, 0.25) is 5.69 Å². The molecule has 0 unspecified atom stereocenters. The van der Waals surface area contributed by atoms with E-state index in [0.29, 0.717) is 16.8 Å². The Morgan fingerprint density at radius 2 is 1.62 bits per heavy atom. The van der Waals surface area contributed by atoms with E-state index < -0.39 is 0 Å². The maximum absolute atomic E-state index is 14.9. The summed E-state index contributed by atoms with van der Waals surface area (Å²) in [5.74, 6) is -0.276. The molecular formula is C27H29FN+. The minimum Gasteiger partial charge on any atom is -0.206 e. The summed E-state index contributed by atoms with van der Waals surface area (Å²) in [5.41, 5.74) is 6.75. The minimum absolute atomic E-state index is 0.0141. The first-order valence-corrected chi connectivity index (χ1v) is 10.1. The summed E-state index contributed by atoms with van der Waals surface area (Å²) < 4.78 is 25.7. The Balaban J connectivity index is 2.29. The molecule has 0 N–H and O–H groups in total. The van der Waals surface area contributed by atoms with Gasteiger partial charge in [0, 0.05) is 18.4 Å². The fourth-order valence-corrected chi connectivity index (χ4v) is 4.15. The van der Waals surface area contributed by atoms with Gasteiger partial charge in [-0.3, -0.25) is 0 Å². The zero-order chi connectivity index (χ0) is 22.0. The van der Waals surface area contributed by atoms with Crippen molar-refractivity contribution in [1.82, 2.24) is 0 Å². The standard InChI is InChI=1S/C27H29FN/c1-16-12-20(27(4,5)6)15-23(18(16)3)26-25-19(13-17(2)29(26)7)14-24(28)21-10-8-9-11-22(21)25/h8-15H,1-7H3/q+1/i13D. The monoisotopic (exact) mass is 387 g/mol. The van der Waals surface area contributed by atoms with E-state index in [1.165, 1.54) is 22.8 Å². The van der Waals surface area contributed by atoms with Crippen molar-refractivity contribution < 1.29 is 10.3 Å². The van der Waals surface area contributed by atoms with E-state index in [0.717, 1.165) is 27.7 Å². The van der Waals surface area contributed by atoms with Crippen LogP contribution in [0.5, 0.6) is 0 Å². The number of fused-ring (bicyclic) bond motifs is 3. The van der Waals surface area contributed by atoms with Gasteiger partial charge in [0.25, 0.3) is 0 Å². The average Bonchev–Trinajstić information content (AvgIpc) is 2.69. The van der Waals surface area contributed by atoms with Gasteiger partial charge in [0.1, 0.15) is 12.9 Å². The highest BCUT2D eigenvalue weighted by atomic mass is 19.1. The van der Waals surface area contributed by atoms with Gasteiger partial charge in [0.05, 0.1) is 12.3 Å². The second kappa shape index (κ2) is 6.66. The van der Waals surface area contributed by atoms with Crippen LogP contribution in [0, 0.1) is 26.6 Å². The average molecular weight is 388 g/mol. The Bertz CT molecular complexity index is 1330. The lowest BCUT2D eigenvalue weighted by atomic mass is 9.82. The molecule has 1 nitrogen and oxygen atoms in total. The second-order valence-electron chi connectivity index (χ2n) is 9.16. The van der Waals surface area contributed by atoms with Crippen molar-refractivity contribution in [3.05, 3.63) is 76.7 Å². The summed E-state index contributed by atoms with van der Waals surface area (Å²) in [6.07, 6.45) is 0. The van der Waals surface area contributed by atoms with Crippen molar-refractivity contribution >= 4 is 21.5 Å². The minimum atomic E-state index is -0.276. The second-order valence-corrected chi connectivity index (χ2v) is 9.16. The molecule has 0 bridgehead atoms. The Labute approximate surface area is 174 Å². The smallest absolute Gasteiger partial charge is 0.206 e. The molecule has 29 heavy (non-hydrogen) atoms. The van der Waals surface area contributed by atoms with Crippen LogP contribution in [-0.2, 0) is 12.5 Å². The Morgan fingerprint density at radius 1 is 0.966 bits per heavy atom. The van der Waals surface area contributed by atoms with Gasteiger partial charge in [0.15, 0.2) is 5.69 Å². The quantitative estimate of drug-likeness (QED) is 0.248. The maximum atomic E-state index is 14.9. The third-order valence-corrected chi connectivity index (χ3v) is 6.17. The molecule has 0 saturated heterocycles. The van der Waals surface area contributed by atoms with Gasteiger partial charge >= 0.3 is 0 Å². The van der Waals surface area contributed by atoms with Crippen molar-refractivity contribution in [3.8, 4) is 11.3 Å². The molecule has 1 heterocycles. The summed E-state index contributed by atoms with van der Waals surface area (Å²) in [7, 11) is 2.01. The van der Waals surface area contributed by atoms with Crippen LogP contribution >= 0.6 is 0 Å². The van der Waals surface area contributed by atoms with Gasteiger partial charge in [-0.1, -0.05) is 51.1 Å². The van der Waals surface area contributed by atoms with Crippen LogP contribution < -0.4 is 4.57 Å². The number of benzene rings is 3. The fourth-order valence-electron chi connectivity index (χ4n) is 4.15. The molecule has 0 aliphatic rings. The highest BCUT2D eigenvalue weighted by molar-refractivity contribution is 6.13. The van der Waals surface area contributed by atoms with Gasteiger partial charge in [-0.05, 0) is 58.9 Å². The largest absolute Gasteiger partial charge is 0.221 e. The number of halogens is 1. The Kier molecular flexibility index (Phi) is 4.20. The molecule has 0 radical (unpaired) electrons. The molecule has 4 aromatic rings. The number of aromatic nitrogens is 1. The van der Waals surface area contributed by atoms with Crippen molar-refractivity contribution in [2.75, 3.05) is 0 Å². The first kappa shape index (κ1) is 18.3. The molecule has 0 amide bonds. The molecule has 1 aromatic heterocycles. The lowest BCUT2D eigenvalue weighted by molar-refractivity contribution is -0.665. The molecule has 0 atom stereocenters. The number of aryl methyl sites for hydroxylation is 1. The third kappa shape index (κ3) is 3.11. The van der Waals surface area contributed by atoms with Crippen LogP contribution in [0.2, 0.25) is 0 Å². The Hall–Kier alpha value is -2.74. The zero-order valence-electron chi connectivity index (χ0n) is 19.4. The number of nitrogens with zero attached hydrogens (tertiary/aromatic N) is 1. The number of hydrogen-bond donors (Lipinski definition) is 0. The van der Waals surface area contributed by atoms with Crippen LogP contribution in [0.25, 0.3) is 32.8 Å². The van der Waals surface area contributed by atoms with E-state index in [4.69, 9.17) is 1.37 Å². The SMILES string of the molecule is [2H]c1c(C)[n+](C)c(-c2cc(C(C)(C)C)cc(C)c2C)c2c1cc(F)c1ccccc12. The van der Waals surface area contributed by atoms with E-state index in [9.17, 15) is 4.39 Å². The van der Waals surface area contributed by atoms with Crippen molar-refractivity contribution in [2.24, 2.45) is 7.05 Å². The highest BCUT2D eigenvalue weighted by Gasteiger charge is 2.25. The summed E-state index contributed by atoms with van der Waals surface area (Å²) >= 11 is 0. The van der Waals surface area contributed by atoms with Gasteiger partial charge < -0.3 is 0 Å². The summed E-state index contributed by atoms with van der Waals surface area (Å²) in [4.78, 5) is 0. The Morgan fingerprint density at radius 3 is 2.28 bits per heavy atom. The fraction of sp³-hybridized carbons (Fsp3) is 0.296. The molecule has 0 aliphatic carbocycles. The number of rotatable bonds is 1. The molecule has 2 heteroatoms. The number of pyridine rings is 1. The predicted molar refractivity (Wildman–Crippen MR) is 121 cm³/mol. The molecule has 148 valence electrons. The van der Waals surface area contributed by atoms with E-state index in [2.05, 4.69) is 51.3 Å². The zero-order valence-corrected chi connectivity index (χ0v) is 18.4. The normalized spacial score (nSPS) is 12.6. The van der Waals surface area contributed by atoms with E-state index in [1.54, 1.807) is 0 Å². The van der Waals surface area contributed by atoms with Gasteiger partial charge in [-0.2, -0.15) is 4.57 Å². The molecule has 0 saturated carbocycles. The molecule has 4 rings (SSSR count). The van der Waals surface area contributed by atoms with Crippen LogP contribution in [-0.4, -0.2) is 0 Å². The summed E-state index contributed by atoms with van der Waals surface area (Å²) in [6, 6.07) is 14.0. The van der Waals surface area contributed by atoms with E-state index in [-0.39, 0.29) is 11.2 Å². The van der Waals surface area contributed by atoms with Crippen molar-refractivity contribution in [3.63, 3.8) is 0 Å². The first-order chi connectivity index (χ1) is 14.0. The topological polar surface area (TPSA) is 3.88 Å². The third-order valence-electron chi connectivity index (χ3n) is 6.17. The summed E-state index contributed by atoms with van der Waals surface area (Å²) in [6.45, 7) is 12.9. The van der Waals surface area contributed by atoms with E-state index in [1.807, 2.05) is 38.2 Å². The summed E-state index contributed by atoms with van der Waals surface area (Å²) in [5, 5.41) is 3.05. The number of hydrogen-bond acceptors (Lipinski definition) is 0. The molecule has 0 aliphatic heterocycles. The molecule has 0 spiro atoms. The maximum Gasteiger partial charge on any atom is 0.221 e. The highest BCUT2D eigenvalue weighted by Crippen LogP contribution is 2.38. The lowest BCUT2D eigenvalue weighted by Crippen LogP contribution is -2.35. The van der Waals surface area contributed by atoms with Gasteiger partial charge in [-0.15, -0.1) is 0 Å². The van der Waals surface area contributed by atoms with Gasteiger partial charge in [-0.25, -0.2) is 4.39 Å². The van der Waals surface area contributed by atoms with Crippen LogP contribution in [0.3, 0.4) is 0 Å². The van der Waals surface area contributed by atoms with E-state index >= 15 is 0 Å². The lowest BCUT2D eigenvalue weighted by Gasteiger charge is -2.22. The van der Waals surface area contributed by atoms with Crippen LogP contribution in [0.1, 0.15) is 44.5 Å². The predicted octanol–water partition coefficient (Wildman–Crippen LogP) is 6.85. The van der Waals surface area contributed by atoms with Crippen molar-refractivity contribution in [1.29, 1.82) is 0 Å². The first-order valence-electron chi connectivity index (χ1n) is 10.6. The van der Waals surface area contributed by atoms with Crippen molar-refractivity contribution in [2.45, 2.75) is 47.0 Å². The molecular weight excluding hydrogens is 357 g/mol. The van der Waals surface area contributed by atoms with Crippen LogP contribution in [0.4, 0.5) is 4.39 Å².